The third kappa shape index (κ3) is 0.949. The van der Waals surface area contributed by atoms with Gasteiger partial charge >= 0.3 is 0 Å². The maximum atomic E-state index is 5.45. The van der Waals surface area contributed by atoms with Gasteiger partial charge in [0.25, 0.3) is 0 Å². The Kier molecular flexibility index (Phi) is 2.23. The SMILES string of the molecule is CC1OCCC12CCN2.Cl. The largest absolute Gasteiger partial charge is 0.377 e. The Morgan fingerprint density at radius 2 is 2.20 bits per heavy atom. The zero-order valence-corrected chi connectivity index (χ0v) is 7.04. The van der Waals surface area contributed by atoms with Crippen molar-refractivity contribution in [2.24, 2.45) is 0 Å². The molecule has 0 bridgehead atoms. The van der Waals surface area contributed by atoms with Crippen molar-refractivity contribution in [3.05, 3.63) is 0 Å². The number of hydrogen-bond acceptors (Lipinski definition) is 2. The van der Waals surface area contributed by atoms with Gasteiger partial charge in [-0.2, -0.15) is 0 Å². The smallest absolute Gasteiger partial charge is 0.0729 e. The predicted octanol–water partition coefficient (Wildman–Crippen LogP) is 0.949. The number of ether oxygens (including phenoxy) is 1. The van der Waals surface area contributed by atoms with Gasteiger partial charge in [-0.1, -0.05) is 0 Å². The van der Waals surface area contributed by atoms with Crippen LogP contribution in [0.3, 0.4) is 0 Å². The molecule has 0 radical (unpaired) electrons. The second-order valence-electron chi connectivity index (χ2n) is 3.10. The molecule has 2 unspecified atom stereocenters. The first-order chi connectivity index (χ1) is 4.33. The van der Waals surface area contributed by atoms with E-state index in [1.54, 1.807) is 0 Å². The van der Waals surface area contributed by atoms with Crippen molar-refractivity contribution in [2.45, 2.75) is 31.4 Å². The summed E-state index contributed by atoms with van der Waals surface area (Å²) in [4.78, 5) is 0. The molecule has 1 N–H and O–H groups in total. The van der Waals surface area contributed by atoms with Crippen LogP contribution in [0, 0.1) is 0 Å². The molecular formula is C7H14ClNO. The van der Waals surface area contributed by atoms with Gasteiger partial charge in [0.15, 0.2) is 0 Å². The van der Waals surface area contributed by atoms with E-state index in [1.165, 1.54) is 19.4 Å². The number of rotatable bonds is 0. The van der Waals surface area contributed by atoms with Crippen LogP contribution in [0.1, 0.15) is 19.8 Å². The van der Waals surface area contributed by atoms with Crippen molar-refractivity contribution in [3.63, 3.8) is 0 Å². The van der Waals surface area contributed by atoms with Crippen LogP contribution in [0.25, 0.3) is 0 Å². The molecule has 2 aliphatic heterocycles. The number of halogens is 1. The van der Waals surface area contributed by atoms with E-state index in [9.17, 15) is 0 Å². The second-order valence-corrected chi connectivity index (χ2v) is 3.10. The van der Waals surface area contributed by atoms with Crippen LogP contribution in [-0.2, 0) is 4.74 Å². The van der Waals surface area contributed by atoms with Gasteiger partial charge in [-0.05, 0) is 26.3 Å². The van der Waals surface area contributed by atoms with Crippen molar-refractivity contribution in [2.75, 3.05) is 13.2 Å². The van der Waals surface area contributed by atoms with Gasteiger partial charge in [0.1, 0.15) is 0 Å². The van der Waals surface area contributed by atoms with Crippen LogP contribution >= 0.6 is 12.4 Å². The van der Waals surface area contributed by atoms with Crippen molar-refractivity contribution in [3.8, 4) is 0 Å². The Balaban J connectivity index is 0.000000500. The zero-order chi connectivity index (χ0) is 6.32. The lowest BCUT2D eigenvalue weighted by Crippen LogP contribution is -2.60. The first-order valence-corrected chi connectivity index (χ1v) is 3.70. The molecule has 0 aromatic rings. The fourth-order valence-corrected chi connectivity index (χ4v) is 1.79. The van der Waals surface area contributed by atoms with E-state index < -0.39 is 0 Å². The summed E-state index contributed by atoms with van der Waals surface area (Å²) in [6.45, 7) is 4.31. The molecule has 2 atom stereocenters. The molecule has 2 fully saturated rings. The molecule has 1 spiro atoms. The summed E-state index contributed by atoms with van der Waals surface area (Å²) in [5, 5.41) is 3.45. The van der Waals surface area contributed by atoms with Gasteiger partial charge < -0.3 is 10.1 Å². The Morgan fingerprint density at radius 1 is 1.50 bits per heavy atom. The summed E-state index contributed by atoms with van der Waals surface area (Å²) in [7, 11) is 0. The Labute approximate surface area is 67.7 Å². The highest BCUT2D eigenvalue weighted by molar-refractivity contribution is 5.85. The highest BCUT2D eigenvalue weighted by Crippen LogP contribution is 2.33. The molecule has 0 aliphatic carbocycles. The highest BCUT2D eigenvalue weighted by Gasteiger charge is 2.45. The Hall–Kier alpha value is 0.210. The molecule has 3 heteroatoms. The fourth-order valence-electron chi connectivity index (χ4n) is 1.79. The van der Waals surface area contributed by atoms with Gasteiger partial charge in [0, 0.05) is 12.1 Å². The van der Waals surface area contributed by atoms with Crippen LogP contribution < -0.4 is 5.32 Å². The van der Waals surface area contributed by atoms with E-state index in [1.807, 2.05) is 0 Å². The highest BCUT2D eigenvalue weighted by atomic mass is 35.5. The summed E-state index contributed by atoms with van der Waals surface area (Å²) in [6, 6.07) is 0. The first kappa shape index (κ1) is 8.31. The molecular weight excluding hydrogens is 150 g/mol. The summed E-state index contributed by atoms with van der Waals surface area (Å²) in [5.41, 5.74) is 0.403. The average Bonchev–Trinajstić information content (AvgIpc) is 2.07. The standard InChI is InChI=1S/C7H13NO.ClH/c1-6-7(2-4-8-7)3-5-9-6;/h6,8H,2-5H2,1H3;1H. The molecule has 2 nitrogen and oxygen atoms in total. The monoisotopic (exact) mass is 163 g/mol. The van der Waals surface area contributed by atoms with Crippen molar-refractivity contribution < 1.29 is 4.74 Å². The topological polar surface area (TPSA) is 21.3 Å². The lowest BCUT2D eigenvalue weighted by molar-refractivity contribution is 0.0550. The van der Waals surface area contributed by atoms with Crippen molar-refractivity contribution in [1.29, 1.82) is 0 Å². The van der Waals surface area contributed by atoms with E-state index >= 15 is 0 Å². The van der Waals surface area contributed by atoms with Crippen LogP contribution in [0.4, 0.5) is 0 Å². The van der Waals surface area contributed by atoms with Crippen LogP contribution in [0.5, 0.6) is 0 Å². The predicted molar refractivity (Wildman–Crippen MR) is 42.6 cm³/mol. The van der Waals surface area contributed by atoms with Crippen LogP contribution in [-0.4, -0.2) is 24.8 Å². The normalized spacial score (nSPS) is 44.7. The Bertz CT molecular complexity index is 125. The third-order valence-electron chi connectivity index (χ3n) is 2.74. The average molecular weight is 164 g/mol. The molecule has 2 heterocycles. The third-order valence-corrected chi connectivity index (χ3v) is 2.74. The van der Waals surface area contributed by atoms with E-state index in [2.05, 4.69) is 12.2 Å². The molecule has 2 aliphatic rings. The molecule has 0 aromatic heterocycles. The summed E-state index contributed by atoms with van der Waals surface area (Å²) < 4.78 is 5.45. The maximum absolute atomic E-state index is 5.45. The number of hydrogen-bond donors (Lipinski definition) is 1. The second kappa shape index (κ2) is 2.68. The molecule has 0 saturated carbocycles. The maximum Gasteiger partial charge on any atom is 0.0729 e. The minimum absolute atomic E-state index is 0. The van der Waals surface area contributed by atoms with E-state index in [4.69, 9.17) is 4.74 Å². The Morgan fingerprint density at radius 3 is 2.40 bits per heavy atom. The minimum atomic E-state index is 0. The van der Waals surface area contributed by atoms with Crippen molar-refractivity contribution in [1.82, 2.24) is 5.32 Å². The van der Waals surface area contributed by atoms with Gasteiger partial charge in [-0.3, -0.25) is 0 Å². The van der Waals surface area contributed by atoms with E-state index in [0.717, 1.165) is 6.61 Å². The summed E-state index contributed by atoms with van der Waals surface area (Å²) in [5.74, 6) is 0. The molecule has 2 saturated heterocycles. The fraction of sp³-hybridized carbons (Fsp3) is 1.00. The molecule has 0 aromatic carbocycles. The van der Waals surface area contributed by atoms with Gasteiger partial charge in [-0.15, -0.1) is 12.4 Å². The number of nitrogens with one attached hydrogen (secondary N) is 1. The summed E-state index contributed by atoms with van der Waals surface area (Å²) in [6.07, 6.45) is 2.98. The molecule has 0 amide bonds. The quantitative estimate of drug-likeness (QED) is 0.574. The van der Waals surface area contributed by atoms with Gasteiger partial charge in [0.2, 0.25) is 0 Å². The molecule has 2 rings (SSSR count). The lowest BCUT2D eigenvalue weighted by Gasteiger charge is -2.42. The van der Waals surface area contributed by atoms with E-state index in [0.29, 0.717) is 11.6 Å². The van der Waals surface area contributed by atoms with Crippen LogP contribution in [0.2, 0.25) is 0 Å². The van der Waals surface area contributed by atoms with Crippen molar-refractivity contribution >= 4 is 12.4 Å². The van der Waals surface area contributed by atoms with E-state index in [-0.39, 0.29) is 12.4 Å². The lowest BCUT2D eigenvalue weighted by atomic mass is 9.82. The molecule has 10 heavy (non-hydrogen) atoms. The van der Waals surface area contributed by atoms with Gasteiger partial charge in [-0.25, -0.2) is 0 Å². The molecule has 60 valence electrons. The first-order valence-electron chi connectivity index (χ1n) is 3.70. The zero-order valence-electron chi connectivity index (χ0n) is 6.22. The summed E-state index contributed by atoms with van der Waals surface area (Å²) >= 11 is 0. The van der Waals surface area contributed by atoms with Gasteiger partial charge in [0.05, 0.1) is 6.10 Å². The minimum Gasteiger partial charge on any atom is -0.377 e. The van der Waals surface area contributed by atoms with Crippen LogP contribution in [0.15, 0.2) is 0 Å².